The van der Waals surface area contributed by atoms with Gasteiger partial charge in [-0.05, 0) is 23.5 Å². The van der Waals surface area contributed by atoms with Crippen LogP contribution >= 0.6 is 0 Å². The summed E-state index contributed by atoms with van der Waals surface area (Å²) in [5, 5.41) is 4.20. The third-order valence-electron chi connectivity index (χ3n) is 5.03. The predicted octanol–water partition coefficient (Wildman–Crippen LogP) is 3.44. The number of carbonyl (C=O) groups excluding carboxylic acids is 1. The molecular formula is C21H22N2O2. The zero-order chi connectivity index (χ0) is 17.2. The Bertz CT molecular complexity index is 773. The quantitative estimate of drug-likeness (QED) is 0.840. The Hall–Kier alpha value is -2.62. The summed E-state index contributed by atoms with van der Waals surface area (Å²) in [5.74, 6) is 0.700. The first-order valence-corrected chi connectivity index (χ1v) is 8.80. The van der Waals surface area contributed by atoms with Crippen LogP contribution in [0.3, 0.4) is 0 Å². The van der Waals surface area contributed by atoms with E-state index in [0.717, 1.165) is 24.1 Å². The van der Waals surface area contributed by atoms with E-state index in [4.69, 9.17) is 4.84 Å². The molecule has 0 N–H and O–H groups in total. The van der Waals surface area contributed by atoms with Gasteiger partial charge in [0.05, 0.1) is 12.3 Å². The zero-order valence-corrected chi connectivity index (χ0v) is 14.3. The van der Waals surface area contributed by atoms with Crippen LogP contribution in [0.4, 0.5) is 0 Å². The van der Waals surface area contributed by atoms with Gasteiger partial charge in [-0.2, -0.15) is 0 Å². The maximum Gasteiger partial charge on any atom is 0.226 e. The van der Waals surface area contributed by atoms with E-state index in [9.17, 15) is 4.79 Å². The number of carbonyl (C=O) groups is 1. The van der Waals surface area contributed by atoms with Crippen molar-refractivity contribution in [3.05, 3.63) is 71.8 Å². The molecule has 1 heterocycles. The second-order valence-electron chi connectivity index (χ2n) is 6.91. The lowest BCUT2D eigenvalue weighted by atomic mass is 10.0. The van der Waals surface area contributed by atoms with Crippen LogP contribution in [0, 0.1) is 5.92 Å². The molecule has 1 aliphatic heterocycles. The normalized spacial score (nSPS) is 24.4. The molecule has 0 aromatic heterocycles. The van der Waals surface area contributed by atoms with E-state index >= 15 is 0 Å². The number of benzene rings is 2. The molecule has 4 heteroatoms. The highest BCUT2D eigenvalue weighted by atomic mass is 16.6. The molecule has 2 aliphatic rings. The summed E-state index contributed by atoms with van der Waals surface area (Å²) in [6.45, 7) is 0.580. The number of amides is 1. The van der Waals surface area contributed by atoms with Gasteiger partial charge in [0.15, 0.2) is 6.10 Å². The predicted molar refractivity (Wildman–Crippen MR) is 97.4 cm³/mol. The highest BCUT2D eigenvalue weighted by molar-refractivity contribution is 6.01. The molecule has 1 amide bonds. The minimum Gasteiger partial charge on any atom is -0.390 e. The number of nitrogens with zero attached hydrogens (tertiary/aromatic N) is 2. The lowest BCUT2D eigenvalue weighted by molar-refractivity contribution is -0.132. The molecular weight excluding hydrogens is 312 g/mol. The zero-order valence-electron chi connectivity index (χ0n) is 14.3. The first-order valence-electron chi connectivity index (χ1n) is 8.80. The van der Waals surface area contributed by atoms with Gasteiger partial charge in [-0.15, -0.1) is 0 Å². The summed E-state index contributed by atoms with van der Waals surface area (Å²) in [5.41, 5.74) is 3.31. The number of likely N-dealkylation sites (N-methyl/N-ethyl adjacent to an activating group) is 1. The van der Waals surface area contributed by atoms with Crippen molar-refractivity contribution in [3.8, 4) is 0 Å². The van der Waals surface area contributed by atoms with E-state index in [0.29, 0.717) is 12.5 Å². The Kier molecular flexibility index (Phi) is 4.26. The molecule has 1 saturated carbocycles. The lowest BCUT2D eigenvalue weighted by Gasteiger charge is -2.20. The van der Waals surface area contributed by atoms with Crippen molar-refractivity contribution in [2.45, 2.75) is 24.9 Å². The maximum absolute atomic E-state index is 12.7. The van der Waals surface area contributed by atoms with Crippen LogP contribution < -0.4 is 0 Å². The number of oxime groups is 1. The smallest absolute Gasteiger partial charge is 0.226 e. The molecule has 3 atom stereocenters. The van der Waals surface area contributed by atoms with Crippen LogP contribution in [-0.2, 0) is 9.63 Å². The third kappa shape index (κ3) is 3.43. The maximum atomic E-state index is 12.7. The van der Waals surface area contributed by atoms with Gasteiger partial charge in [0.1, 0.15) is 0 Å². The summed E-state index contributed by atoms with van der Waals surface area (Å²) in [4.78, 5) is 20.0. The van der Waals surface area contributed by atoms with Gasteiger partial charge in [-0.1, -0.05) is 65.8 Å². The molecule has 0 bridgehead atoms. The van der Waals surface area contributed by atoms with Gasteiger partial charge < -0.3 is 9.74 Å². The van der Waals surface area contributed by atoms with Crippen molar-refractivity contribution in [2.75, 3.05) is 13.6 Å². The van der Waals surface area contributed by atoms with Crippen molar-refractivity contribution >= 4 is 11.6 Å². The SMILES string of the molecule is CN(CC1CC(c2ccccc2)=NO1)C(=O)C1CC1c1ccccc1. The van der Waals surface area contributed by atoms with Gasteiger partial charge in [-0.25, -0.2) is 0 Å². The van der Waals surface area contributed by atoms with Crippen molar-refractivity contribution in [1.29, 1.82) is 0 Å². The fourth-order valence-electron chi connectivity index (χ4n) is 3.54. The molecule has 0 radical (unpaired) electrons. The van der Waals surface area contributed by atoms with Gasteiger partial charge >= 0.3 is 0 Å². The molecule has 0 saturated heterocycles. The average Bonchev–Trinajstić information content (AvgIpc) is 3.33. The van der Waals surface area contributed by atoms with E-state index < -0.39 is 0 Å². The summed E-state index contributed by atoms with van der Waals surface area (Å²) in [6, 6.07) is 20.4. The molecule has 25 heavy (non-hydrogen) atoms. The molecule has 2 aromatic carbocycles. The monoisotopic (exact) mass is 334 g/mol. The molecule has 1 fully saturated rings. The van der Waals surface area contributed by atoms with Crippen LogP contribution in [0.25, 0.3) is 0 Å². The minimum absolute atomic E-state index is 0.0573. The second kappa shape index (κ2) is 6.71. The summed E-state index contributed by atoms with van der Waals surface area (Å²) in [6.07, 6.45) is 1.64. The molecule has 2 aromatic rings. The Morgan fingerprint density at radius 3 is 2.52 bits per heavy atom. The highest BCUT2D eigenvalue weighted by Gasteiger charge is 2.45. The van der Waals surface area contributed by atoms with E-state index in [2.05, 4.69) is 17.3 Å². The highest BCUT2D eigenvalue weighted by Crippen LogP contribution is 2.48. The van der Waals surface area contributed by atoms with E-state index in [1.54, 1.807) is 0 Å². The van der Waals surface area contributed by atoms with E-state index in [1.165, 1.54) is 5.56 Å². The van der Waals surface area contributed by atoms with Crippen molar-refractivity contribution in [1.82, 2.24) is 4.90 Å². The topological polar surface area (TPSA) is 41.9 Å². The molecule has 3 unspecified atom stereocenters. The van der Waals surface area contributed by atoms with Crippen molar-refractivity contribution in [2.24, 2.45) is 11.1 Å². The number of hydrogen-bond acceptors (Lipinski definition) is 3. The fraction of sp³-hybridized carbons (Fsp3) is 0.333. The Balaban J connectivity index is 1.30. The Morgan fingerprint density at radius 1 is 1.12 bits per heavy atom. The lowest BCUT2D eigenvalue weighted by Crippen LogP contribution is -2.35. The Morgan fingerprint density at radius 2 is 1.80 bits per heavy atom. The number of hydrogen-bond donors (Lipinski definition) is 0. The molecule has 4 nitrogen and oxygen atoms in total. The summed E-state index contributed by atoms with van der Waals surface area (Å²) >= 11 is 0. The van der Waals surface area contributed by atoms with Crippen molar-refractivity contribution < 1.29 is 9.63 Å². The molecule has 128 valence electrons. The standard InChI is InChI=1S/C21H22N2O2/c1-23(21(24)19-13-18(19)15-8-4-2-5-9-15)14-17-12-20(22-25-17)16-10-6-3-7-11-16/h2-11,17-19H,12-14H2,1H3. The molecule has 0 spiro atoms. The Labute approximate surface area is 148 Å². The van der Waals surface area contributed by atoms with Crippen LogP contribution in [0.1, 0.15) is 29.9 Å². The van der Waals surface area contributed by atoms with Crippen molar-refractivity contribution in [3.63, 3.8) is 0 Å². The van der Waals surface area contributed by atoms with E-state index in [-0.39, 0.29) is 17.9 Å². The van der Waals surface area contributed by atoms with Crippen LogP contribution in [0.15, 0.2) is 65.8 Å². The summed E-state index contributed by atoms with van der Waals surface area (Å²) < 4.78 is 0. The summed E-state index contributed by atoms with van der Waals surface area (Å²) in [7, 11) is 1.87. The van der Waals surface area contributed by atoms with Gasteiger partial charge in [0, 0.05) is 19.4 Å². The largest absolute Gasteiger partial charge is 0.390 e. The third-order valence-corrected chi connectivity index (χ3v) is 5.03. The van der Waals surface area contributed by atoms with Crippen LogP contribution in [0.2, 0.25) is 0 Å². The fourth-order valence-corrected chi connectivity index (χ4v) is 3.54. The van der Waals surface area contributed by atoms with E-state index in [1.807, 2.05) is 60.5 Å². The van der Waals surface area contributed by atoms with Gasteiger partial charge in [0.2, 0.25) is 5.91 Å². The first kappa shape index (κ1) is 15.9. The number of rotatable bonds is 5. The first-order chi connectivity index (χ1) is 12.2. The van der Waals surface area contributed by atoms with Gasteiger partial charge in [0.25, 0.3) is 0 Å². The second-order valence-corrected chi connectivity index (χ2v) is 6.91. The molecule has 1 aliphatic carbocycles. The molecule has 4 rings (SSSR count). The van der Waals surface area contributed by atoms with Crippen LogP contribution in [-0.4, -0.2) is 36.2 Å². The average molecular weight is 334 g/mol. The van der Waals surface area contributed by atoms with Gasteiger partial charge in [-0.3, -0.25) is 4.79 Å². The minimum atomic E-state index is -0.0573. The van der Waals surface area contributed by atoms with Crippen LogP contribution in [0.5, 0.6) is 0 Å².